The summed E-state index contributed by atoms with van der Waals surface area (Å²) < 4.78 is 15.8. The van der Waals surface area contributed by atoms with Crippen molar-refractivity contribution in [2.45, 2.75) is 57.5 Å². The molecule has 3 aliphatic carbocycles. The van der Waals surface area contributed by atoms with Gasteiger partial charge in [-0.1, -0.05) is 13.0 Å². The summed E-state index contributed by atoms with van der Waals surface area (Å²) in [5.74, 6) is 2.94. The quantitative estimate of drug-likeness (QED) is 0.729. The molecule has 0 amide bonds. The van der Waals surface area contributed by atoms with Crippen molar-refractivity contribution in [2.24, 2.45) is 17.3 Å². The number of rotatable bonds is 2. The number of fused-ring (bicyclic) bond motifs is 5. The Morgan fingerprint density at radius 2 is 2.00 bits per heavy atom. The van der Waals surface area contributed by atoms with E-state index in [1.165, 1.54) is 31.1 Å². The number of ether oxygens (including phenoxy) is 3. The molecule has 4 heteroatoms. The van der Waals surface area contributed by atoms with Gasteiger partial charge >= 0.3 is 6.16 Å². The van der Waals surface area contributed by atoms with Gasteiger partial charge in [-0.2, -0.15) is 0 Å². The molecule has 4 nitrogen and oxygen atoms in total. The molecule has 0 saturated heterocycles. The maximum absolute atomic E-state index is 11.6. The molecule has 0 radical (unpaired) electrons. The molecule has 25 heavy (non-hydrogen) atoms. The molecule has 0 bridgehead atoms. The van der Waals surface area contributed by atoms with E-state index in [4.69, 9.17) is 14.2 Å². The Balaban J connectivity index is 1.58. The Morgan fingerprint density at radius 1 is 1.16 bits per heavy atom. The maximum atomic E-state index is 11.6. The number of carbonyl (C=O) groups is 1. The smallest absolute Gasteiger partial charge is 0.497 e. The van der Waals surface area contributed by atoms with Crippen LogP contribution in [-0.2, 0) is 15.9 Å². The summed E-state index contributed by atoms with van der Waals surface area (Å²) in [6.07, 6.45) is 6.25. The van der Waals surface area contributed by atoms with Crippen molar-refractivity contribution in [2.75, 3.05) is 14.2 Å². The summed E-state index contributed by atoms with van der Waals surface area (Å²) in [6, 6.07) is 6.61. The van der Waals surface area contributed by atoms with E-state index in [2.05, 4.69) is 25.1 Å². The molecule has 136 valence electrons. The number of carbonyl (C=O) groups excluding carboxylic acids is 1. The molecule has 2 saturated carbocycles. The predicted molar refractivity (Wildman–Crippen MR) is 94.9 cm³/mol. The highest BCUT2D eigenvalue weighted by molar-refractivity contribution is 5.60. The molecular formula is C21H28O4. The van der Waals surface area contributed by atoms with Gasteiger partial charge in [0.25, 0.3) is 0 Å². The zero-order chi connectivity index (χ0) is 17.6. The third kappa shape index (κ3) is 2.61. The van der Waals surface area contributed by atoms with Crippen LogP contribution in [0.25, 0.3) is 0 Å². The summed E-state index contributed by atoms with van der Waals surface area (Å²) in [5, 5.41) is 0. The van der Waals surface area contributed by atoms with Crippen molar-refractivity contribution in [1.82, 2.24) is 0 Å². The fourth-order valence-electron chi connectivity index (χ4n) is 6.00. The van der Waals surface area contributed by atoms with Crippen LogP contribution in [0.4, 0.5) is 4.79 Å². The molecule has 5 atom stereocenters. The van der Waals surface area contributed by atoms with Crippen molar-refractivity contribution in [3.8, 4) is 5.75 Å². The van der Waals surface area contributed by atoms with E-state index < -0.39 is 6.16 Å². The van der Waals surface area contributed by atoms with Gasteiger partial charge in [-0.3, -0.25) is 0 Å². The first-order valence-electron chi connectivity index (χ1n) is 9.48. The third-order valence-electron chi connectivity index (χ3n) is 7.25. The Bertz CT molecular complexity index is 670. The fourth-order valence-corrected chi connectivity index (χ4v) is 6.00. The summed E-state index contributed by atoms with van der Waals surface area (Å²) in [6.45, 7) is 2.33. The van der Waals surface area contributed by atoms with Gasteiger partial charge in [-0.15, -0.1) is 0 Å². The minimum atomic E-state index is -0.532. The Morgan fingerprint density at radius 3 is 2.76 bits per heavy atom. The third-order valence-corrected chi connectivity index (χ3v) is 7.25. The van der Waals surface area contributed by atoms with Gasteiger partial charge in [-0.25, -0.2) is 4.79 Å². The summed E-state index contributed by atoms with van der Waals surface area (Å²) in [7, 11) is 3.12. The Hall–Kier alpha value is -1.71. The van der Waals surface area contributed by atoms with Crippen LogP contribution in [0, 0.1) is 17.3 Å². The molecule has 0 heterocycles. The van der Waals surface area contributed by atoms with E-state index in [0.717, 1.165) is 31.4 Å². The minimum Gasteiger partial charge on any atom is -0.497 e. The highest BCUT2D eigenvalue weighted by Gasteiger charge is 2.56. The zero-order valence-electron chi connectivity index (χ0n) is 15.4. The number of methoxy groups -OCH3 is 2. The van der Waals surface area contributed by atoms with Gasteiger partial charge in [0.05, 0.1) is 14.2 Å². The molecule has 2 fully saturated rings. The van der Waals surface area contributed by atoms with E-state index in [1.807, 2.05) is 0 Å². The van der Waals surface area contributed by atoms with E-state index in [1.54, 1.807) is 7.11 Å². The van der Waals surface area contributed by atoms with Crippen molar-refractivity contribution in [3.05, 3.63) is 29.3 Å². The molecule has 1 aromatic carbocycles. The van der Waals surface area contributed by atoms with Gasteiger partial charge in [0, 0.05) is 5.41 Å². The SMILES string of the molecule is COC(=O)O[C@H]1CCC2C3CCc4cc(OC)ccc4C3CCC21C. The fraction of sp³-hybridized carbons (Fsp3) is 0.667. The first-order valence-corrected chi connectivity index (χ1v) is 9.48. The second-order valence-electron chi connectivity index (χ2n) is 8.16. The molecule has 4 unspecified atom stereocenters. The summed E-state index contributed by atoms with van der Waals surface area (Å²) in [4.78, 5) is 11.6. The average molecular weight is 344 g/mol. The summed E-state index contributed by atoms with van der Waals surface area (Å²) >= 11 is 0. The van der Waals surface area contributed by atoms with Crippen molar-refractivity contribution in [3.63, 3.8) is 0 Å². The molecular weight excluding hydrogens is 316 g/mol. The monoisotopic (exact) mass is 344 g/mol. The van der Waals surface area contributed by atoms with Crippen molar-refractivity contribution >= 4 is 6.16 Å². The lowest BCUT2D eigenvalue weighted by Gasteiger charge is -2.50. The Kier molecular flexibility index (Phi) is 4.17. The number of benzene rings is 1. The molecule has 0 aliphatic heterocycles. The van der Waals surface area contributed by atoms with E-state index in [0.29, 0.717) is 17.8 Å². The lowest BCUT2D eigenvalue weighted by Crippen LogP contribution is -2.45. The van der Waals surface area contributed by atoms with Crippen LogP contribution in [0.1, 0.15) is 56.1 Å². The molecule has 3 aliphatic rings. The molecule has 1 aromatic rings. The number of hydrogen-bond acceptors (Lipinski definition) is 4. The standard InChI is InChI=1S/C21H28O4/c1-21-11-10-16-15-7-5-14(23-2)12-13(15)4-6-17(16)18(21)8-9-19(21)25-20(22)24-3/h5,7,12,16-19H,4,6,8-11H2,1-3H3/t16?,17?,18?,19-,21?/m0/s1. The summed E-state index contributed by atoms with van der Waals surface area (Å²) in [5.41, 5.74) is 3.08. The van der Waals surface area contributed by atoms with Crippen LogP contribution in [0.3, 0.4) is 0 Å². The van der Waals surface area contributed by atoms with E-state index in [9.17, 15) is 4.79 Å². The van der Waals surface area contributed by atoms with Gasteiger partial charge in [0.1, 0.15) is 11.9 Å². The normalized spacial score (nSPS) is 36.0. The topological polar surface area (TPSA) is 44.8 Å². The highest BCUT2D eigenvalue weighted by atomic mass is 16.7. The first kappa shape index (κ1) is 16.7. The van der Waals surface area contributed by atoms with Crippen LogP contribution >= 0.6 is 0 Å². The van der Waals surface area contributed by atoms with E-state index in [-0.39, 0.29) is 11.5 Å². The zero-order valence-corrected chi connectivity index (χ0v) is 15.4. The van der Waals surface area contributed by atoms with Gasteiger partial charge in [-0.05, 0) is 79.5 Å². The van der Waals surface area contributed by atoms with Gasteiger partial charge in [0.2, 0.25) is 0 Å². The van der Waals surface area contributed by atoms with Crippen molar-refractivity contribution in [1.29, 1.82) is 0 Å². The second-order valence-corrected chi connectivity index (χ2v) is 8.16. The Labute approximate surface area is 149 Å². The van der Waals surface area contributed by atoms with Crippen LogP contribution < -0.4 is 4.74 Å². The minimum absolute atomic E-state index is 0.00293. The molecule has 0 aromatic heterocycles. The van der Waals surface area contributed by atoms with Crippen molar-refractivity contribution < 1.29 is 19.0 Å². The first-order chi connectivity index (χ1) is 12.1. The van der Waals surface area contributed by atoms with Gasteiger partial charge in [0.15, 0.2) is 0 Å². The van der Waals surface area contributed by atoms with Crippen LogP contribution in [-0.4, -0.2) is 26.5 Å². The number of aryl methyl sites for hydroxylation is 1. The number of hydrogen-bond donors (Lipinski definition) is 0. The van der Waals surface area contributed by atoms with Crippen LogP contribution in [0.5, 0.6) is 5.75 Å². The lowest BCUT2D eigenvalue weighted by atomic mass is 9.55. The maximum Gasteiger partial charge on any atom is 0.508 e. The molecule has 0 N–H and O–H groups in total. The molecule has 4 rings (SSSR count). The largest absolute Gasteiger partial charge is 0.508 e. The lowest BCUT2D eigenvalue weighted by molar-refractivity contribution is -0.0500. The van der Waals surface area contributed by atoms with Crippen LogP contribution in [0.15, 0.2) is 18.2 Å². The predicted octanol–water partition coefficient (Wildman–Crippen LogP) is 4.70. The van der Waals surface area contributed by atoms with E-state index >= 15 is 0 Å². The highest BCUT2D eigenvalue weighted by Crippen LogP contribution is 2.61. The second kappa shape index (κ2) is 6.22. The van der Waals surface area contributed by atoms with Gasteiger partial charge < -0.3 is 14.2 Å². The van der Waals surface area contributed by atoms with Crippen LogP contribution in [0.2, 0.25) is 0 Å². The average Bonchev–Trinajstić information content (AvgIpc) is 2.97. The molecule has 0 spiro atoms.